The first kappa shape index (κ1) is 11.4. The zero-order valence-electron chi connectivity index (χ0n) is 9.00. The van der Waals surface area contributed by atoms with Gasteiger partial charge in [-0.05, 0) is 40.8 Å². The molecular weight excluding hydrogens is 272 g/mol. The van der Waals surface area contributed by atoms with Crippen molar-refractivity contribution in [1.82, 2.24) is 0 Å². The molecule has 86 valence electrons. The van der Waals surface area contributed by atoms with Gasteiger partial charge in [-0.15, -0.1) is 0 Å². The van der Waals surface area contributed by atoms with Crippen LogP contribution in [0.25, 0.3) is 0 Å². The standard InChI is InChI=1S/C11H13BrN2O2/c1-2-8-4-3-7-5-9(14(15)16)6-10(12)11(7)13-8/h5-6,8,13H,2-4H2,1H3. The summed E-state index contributed by atoms with van der Waals surface area (Å²) in [6, 6.07) is 3.70. The van der Waals surface area contributed by atoms with E-state index in [1.165, 1.54) is 0 Å². The van der Waals surface area contributed by atoms with E-state index >= 15 is 0 Å². The van der Waals surface area contributed by atoms with Crippen LogP contribution >= 0.6 is 15.9 Å². The highest BCUT2D eigenvalue weighted by atomic mass is 79.9. The second kappa shape index (κ2) is 4.41. The van der Waals surface area contributed by atoms with E-state index in [1.807, 2.05) is 0 Å². The number of nitrogens with one attached hydrogen (secondary N) is 1. The predicted octanol–water partition coefficient (Wildman–Crippen LogP) is 3.49. The molecule has 1 unspecified atom stereocenters. The van der Waals surface area contributed by atoms with Crippen LogP contribution < -0.4 is 5.32 Å². The molecular formula is C11H13BrN2O2. The summed E-state index contributed by atoms with van der Waals surface area (Å²) < 4.78 is 0.787. The van der Waals surface area contributed by atoms with Gasteiger partial charge in [0.15, 0.2) is 0 Å². The van der Waals surface area contributed by atoms with E-state index in [4.69, 9.17) is 0 Å². The Balaban J connectivity index is 2.40. The van der Waals surface area contributed by atoms with Gasteiger partial charge in [-0.1, -0.05) is 6.92 Å². The van der Waals surface area contributed by atoms with Crippen molar-refractivity contribution in [2.45, 2.75) is 32.2 Å². The molecule has 0 radical (unpaired) electrons. The largest absolute Gasteiger partial charge is 0.381 e. The zero-order valence-corrected chi connectivity index (χ0v) is 10.6. The fraction of sp³-hybridized carbons (Fsp3) is 0.455. The normalized spacial score (nSPS) is 18.8. The van der Waals surface area contributed by atoms with Crippen molar-refractivity contribution in [1.29, 1.82) is 0 Å². The number of benzene rings is 1. The van der Waals surface area contributed by atoms with Gasteiger partial charge in [0, 0.05) is 22.6 Å². The number of nitro benzene ring substituents is 1. The molecule has 2 rings (SSSR count). The Morgan fingerprint density at radius 1 is 1.62 bits per heavy atom. The van der Waals surface area contributed by atoms with Crippen LogP contribution in [-0.4, -0.2) is 11.0 Å². The summed E-state index contributed by atoms with van der Waals surface area (Å²) >= 11 is 3.39. The van der Waals surface area contributed by atoms with Crippen LogP contribution in [0, 0.1) is 10.1 Å². The second-order valence-electron chi connectivity index (χ2n) is 4.01. The summed E-state index contributed by atoms with van der Waals surface area (Å²) in [5.41, 5.74) is 2.21. The van der Waals surface area contributed by atoms with Gasteiger partial charge in [-0.25, -0.2) is 0 Å². The van der Waals surface area contributed by atoms with E-state index in [1.54, 1.807) is 12.1 Å². The number of anilines is 1. The van der Waals surface area contributed by atoms with E-state index in [0.717, 1.165) is 35.0 Å². The number of nitrogens with zero attached hydrogens (tertiary/aromatic N) is 1. The molecule has 5 heteroatoms. The van der Waals surface area contributed by atoms with Gasteiger partial charge in [-0.2, -0.15) is 0 Å². The van der Waals surface area contributed by atoms with Gasteiger partial charge < -0.3 is 5.32 Å². The van der Waals surface area contributed by atoms with Crippen LogP contribution in [0.15, 0.2) is 16.6 Å². The molecule has 1 aromatic rings. The Bertz CT molecular complexity index is 434. The molecule has 0 amide bonds. The first-order chi connectivity index (χ1) is 7.61. The highest BCUT2D eigenvalue weighted by Gasteiger charge is 2.21. The molecule has 0 aromatic heterocycles. The van der Waals surface area contributed by atoms with Gasteiger partial charge in [0.1, 0.15) is 0 Å². The molecule has 4 nitrogen and oxygen atoms in total. The Hall–Kier alpha value is -1.10. The fourth-order valence-electron chi connectivity index (χ4n) is 2.02. The molecule has 1 heterocycles. The van der Waals surface area contributed by atoms with Crippen molar-refractivity contribution in [3.63, 3.8) is 0 Å². The van der Waals surface area contributed by atoms with Gasteiger partial charge in [-0.3, -0.25) is 10.1 Å². The molecule has 0 aliphatic carbocycles. The van der Waals surface area contributed by atoms with Crippen LogP contribution in [0.5, 0.6) is 0 Å². The Morgan fingerprint density at radius 2 is 2.38 bits per heavy atom. The van der Waals surface area contributed by atoms with Crippen LogP contribution in [-0.2, 0) is 6.42 Å². The summed E-state index contributed by atoms with van der Waals surface area (Å²) in [4.78, 5) is 10.4. The molecule has 1 aliphatic rings. The third-order valence-corrected chi connectivity index (χ3v) is 3.60. The third-order valence-electron chi connectivity index (χ3n) is 2.97. The average Bonchev–Trinajstić information content (AvgIpc) is 2.28. The number of nitro groups is 1. The van der Waals surface area contributed by atoms with E-state index in [0.29, 0.717) is 6.04 Å². The Kier molecular flexibility index (Phi) is 3.14. The lowest BCUT2D eigenvalue weighted by molar-refractivity contribution is -0.385. The van der Waals surface area contributed by atoms with Crippen LogP contribution in [0.3, 0.4) is 0 Å². The first-order valence-corrected chi connectivity index (χ1v) is 6.14. The fourth-order valence-corrected chi connectivity index (χ4v) is 2.63. The SMILES string of the molecule is CCC1CCc2cc([N+](=O)[O-])cc(Br)c2N1. The third kappa shape index (κ3) is 2.04. The summed E-state index contributed by atoms with van der Waals surface area (Å²) in [6.07, 6.45) is 3.01. The summed E-state index contributed by atoms with van der Waals surface area (Å²) in [7, 11) is 0. The van der Waals surface area contributed by atoms with E-state index in [2.05, 4.69) is 28.2 Å². The van der Waals surface area contributed by atoms with Crippen LogP contribution in [0.1, 0.15) is 25.3 Å². The maximum Gasteiger partial charge on any atom is 0.270 e. The number of rotatable bonds is 2. The van der Waals surface area contributed by atoms with Crippen molar-refractivity contribution in [2.75, 3.05) is 5.32 Å². The lowest BCUT2D eigenvalue weighted by Crippen LogP contribution is -2.24. The summed E-state index contributed by atoms with van der Waals surface area (Å²) in [5, 5.41) is 14.1. The number of fused-ring (bicyclic) bond motifs is 1. The molecule has 0 fully saturated rings. The minimum absolute atomic E-state index is 0.155. The number of aryl methyl sites for hydroxylation is 1. The van der Waals surface area contributed by atoms with Crippen molar-refractivity contribution in [3.8, 4) is 0 Å². The molecule has 0 bridgehead atoms. The number of non-ortho nitro benzene ring substituents is 1. The Labute approximate surface area is 102 Å². The van der Waals surface area contributed by atoms with E-state index < -0.39 is 0 Å². The highest BCUT2D eigenvalue weighted by Crippen LogP contribution is 2.36. The zero-order chi connectivity index (χ0) is 11.7. The quantitative estimate of drug-likeness (QED) is 0.668. The van der Waals surface area contributed by atoms with Gasteiger partial charge in [0.2, 0.25) is 0 Å². The molecule has 1 atom stereocenters. The predicted molar refractivity (Wildman–Crippen MR) is 66.8 cm³/mol. The van der Waals surface area contributed by atoms with E-state index in [-0.39, 0.29) is 10.6 Å². The number of hydrogen-bond acceptors (Lipinski definition) is 3. The van der Waals surface area contributed by atoms with Gasteiger partial charge in [0.05, 0.1) is 10.6 Å². The van der Waals surface area contributed by atoms with Crippen molar-refractivity contribution < 1.29 is 4.92 Å². The van der Waals surface area contributed by atoms with Crippen LogP contribution in [0.4, 0.5) is 11.4 Å². The molecule has 1 aromatic carbocycles. The second-order valence-corrected chi connectivity index (χ2v) is 4.86. The maximum absolute atomic E-state index is 10.7. The summed E-state index contributed by atoms with van der Waals surface area (Å²) in [5.74, 6) is 0. The molecule has 1 aliphatic heterocycles. The maximum atomic E-state index is 10.7. The van der Waals surface area contributed by atoms with Crippen LogP contribution in [0.2, 0.25) is 0 Å². The highest BCUT2D eigenvalue weighted by molar-refractivity contribution is 9.10. The Morgan fingerprint density at radius 3 is 3.00 bits per heavy atom. The van der Waals surface area contributed by atoms with Crippen molar-refractivity contribution >= 4 is 27.3 Å². The average molecular weight is 285 g/mol. The smallest absolute Gasteiger partial charge is 0.270 e. The molecule has 1 N–H and O–H groups in total. The minimum atomic E-state index is -0.350. The van der Waals surface area contributed by atoms with Gasteiger partial charge >= 0.3 is 0 Å². The van der Waals surface area contributed by atoms with Gasteiger partial charge in [0.25, 0.3) is 5.69 Å². The lowest BCUT2D eigenvalue weighted by Gasteiger charge is -2.26. The first-order valence-electron chi connectivity index (χ1n) is 5.35. The molecule has 0 saturated carbocycles. The lowest BCUT2D eigenvalue weighted by atomic mass is 9.96. The summed E-state index contributed by atoms with van der Waals surface area (Å²) in [6.45, 7) is 2.14. The monoisotopic (exact) mass is 284 g/mol. The van der Waals surface area contributed by atoms with Crippen molar-refractivity contribution in [3.05, 3.63) is 32.3 Å². The van der Waals surface area contributed by atoms with E-state index in [9.17, 15) is 10.1 Å². The number of halogens is 1. The number of hydrogen-bond donors (Lipinski definition) is 1. The minimum Gasteiger partial charge on any atom is -0.381 e. The van der Waals surface area contributed by atoms with Crippen molar-refractivity contribution in [2.24, 2.45) is 0 Å². The molecule has 16 heavy (non-hydrogen) atoms. The molecule has 0 saturated heterocycles. The molecule has 0 spiro atoms. The topological polar surface area (TPSA) is 55.2 Å².